The van der Waals surface area contributed by atoms with Crippen LogP contribution in [-0.2, 0) is 0 Å². The molecule has 17 heavy (non-hydrogen) atoms. The van der Waals surface area contributed by atoms with Gasteiger partial charge < -0.3 is 10.2 Å². The van der Waals surface area contributed by atoms with Crippen LogP contribution in [0.15, 0.2) is 34.7 Å². The zero-order valence-corrected chi connectivity index (χ0v) is 8.58. The van der Waals surface area contributed by atoms with Crippen LogP contribution in [-0.4, -0.2) is 4.92 Å². The predicted molar refractivity (Wildman–Crippen MR) is 59.9 cm³/mol. The molecule has 0 fully saturated rings. The fraction of sp³-hybridized carbons (Fsp3) is 0. The molecule has 84 valence electrons. The highest BCUT2D eigenvalue weighted by molar-refractivity contribution is 5.65. The highest BCUT2D eigenvalue weighted by Gasteiger charge is 2.11. The van der Waals surface area contributed by atoms with E-state index in [0.29, 0.717) is 11.3 Å². The number of non-ortho nitro benzene ring substituents is 1. The van der Waals surface area contributed by atoms with Crippen molar-refractivity contribution in [3.05, 3.63) is 46.0 Å². The van der Waals surface area contributed by atoms with Crippen molar-refractivity contribution < 1.29 is 9.34 Å². The number of nitro groups is 1. The third-order valence-electron chi connectivity index (χ3n) is 2.24. The number of benzene rings is 1. The lowest BCUT2D eigenvalue weighted by atomic mass is 10.1. The average molecular weight is 229 g/mol. The summed E-state index contributed by atoms with van der Waals surface area (Å²) in [6, 6.07) is 9.19. The summed E-state index contributed by atoms with van der Waals surface area (Å²) >= 11 is 0. The summed E-state index contributed by atoms with van der Waals surface area (Å²) in [5, 5.41) is 19.2. The van der Waals surface area contributed by atoms with Gasteiger partial charge in [-0.05, 0) is 12.1 Å². The Morgan fingerprint density at radius 3 is 2.47 bits per heavy atom. The van der Waals surface area contributed by atoms with E-state index in [4.69, 9.17) is 15.4 Å². The van der Waals surface area contributed by atoms with Gasteiger partial charge in [0.1, 0.15) is 17.4 Å². The van der Waals surface area contributed by atoms with Crippen molar-refractivity contribution in [2.75, 3.05) is 5.73 Å². The minimum Gasteiger partial charge on any atom is -0.440 e. The van der Waals surface area contributed by atoms with Crippen molar-refractivity contribution in [1.29, 1.82) is 5.26 Å². The molecule has 0 atom stereocenters. The van der Waals surface area contributed by atoms with Crippen LogP contribution in [0.3, 0.4) is 0 Å². The molecule has 6 nitrogen and oxygen atoms in total. The molecule has 0 radical (unpaired) electrons. The van der Waals surface area contributed by atoms with Gasteiger partial charge in [-0.1, -0.05) is 0 Å². The van der Waals surface area contributed by atoms with E-state index < -0.39 is 4.92 Å². The fourth-order valence-corrected chi connectivity index (χ4v) is 1.38. The molecule has 1 aromatic heterocycles. The van der Waals surface area contributed by atoms with Crippen LogP contribution < -0.4 is 5.73 Å². The molecule has 0 amide bonds. The Bertz CT molecular complexity index is 608. The first-order valence-corrected chi connectivity index (χ1v) is 4.66. The second-order valence-electron chi connectivity index (χ2n) is 3.30. The van der Waals surface area contributed by atoms with E-state index in [-0.39, 0.29) is 17.1 Å². The second kappa shape index (κ2) is 3.98. The molecule has 0 saturated heterocycles. The van der Waals surface area contributed by atoms with Gasteiger partial charge in [-0.15, -0.1) is 0 Å². The first kappa shape index (κ1) is 10.7. The number of nitriles is 1. The maximum absolute atomic E-state index is 10.5. The lowest BCUT2D eigenvalue weighted by molar-refractivity contribution is -0.384. The third-order valence-corrected chi connectivity index (χ3v) is 2.24. The minimum absolute atomic E-state index is 0.00575. The van der Waals surface area contributed by atoms with Gasteiger partial charge in [-0.3, -0.25) is 10.1 Å². The number of nitro benzene ring substituents is 1. The maximum atomic E-state index is 10.5. The van der Waals surface area contributed by atoms with Gasteiger partial charge in [0.2, 0.25) is 5.88 Å². The van der Waals surface area contributed by atoms with E-state index in [1.807, 2.05) is 6.07 Å². The molecular weight excluding hydrogens is 222 g/mol. The molecule has 6 heteroatoms. The Morgan fingerprint density at radius 1 is 1.35 bits per heavy atom. The molecule has 0 aliphatic carbocycles. The van der Waals surface area contributed by atoms with Gasteiger partial charge in [0, 0.05) is 23.8 Å². The Labute approximate surface area is 96.0 Å². The molecule has 2 rings (SSSR count). The standard InChI is InChI=1S/C11H7N3O3/c12-6-8-5-10(17-11(8)13)7-1-3-9(4-2-7)14(15)16/h1-5H,13H2. The number of anilines is 1. The van der Waals surface area contributed by atoms with Gasteiger partial charge in [-0.2, -0.15) is 5.26 Å². The van der Waals surface area contributed by atoms with Crippen LogP contribution in [0.25, 0.3) is 11.3 Å². The lowest BCUT2D eigenvalue weighted by Gasteiger charge is -1.95. The molecule has 1 heterocycles. The first-order valence-electron chi connectivity index (χ1n) is 4.66. The van der Waals surface area contributed by atoms with Gasteiger partial charge >= 0.3 is 0 Å². The van der Waals surface area contributed by atoms with Crippen molar-refractivity contribution in [1.82, 2.24) is 0 Å². The molecule has 0 unspecified atom stereocenters. The summed E-state index contributed by atoms with van der Waals surface area (Å²) in [4.78, 5) is 9.99. The largest absolute Gasteiger partial charge is 0.440 e. The minimum atomic E-state index is -0.485. The quantitative estimate of drug-likeness (QED) is 0.628. The van der Waals surface area contributed by atoms with Crippen molar-refractivity contribution in [3.63, 3.8) is 0 Å². The van der Waals surface area contributed by atoms with Crippen LogP contribution >= 0.6 is 0 Å². The summed E-state index contributed by atoms with van der Waals surface area (Å²) in [6.45, 7) is 0. The van der Waals surface area contributed by atoms with E-state index >= 15 is 0 Å². The summed E-state index contributed by atoms with van der Waals surface area (Å²) in [6.07, 6.45) is 0. The van der Waals surface area contributed by atoms with Gasteiger partial charge in [0.05, 0.1) is 4.92 Å². The summed E-state index contributed by atoms with van der Waals surface area (Å²) in [7, 11) is 0. The molecule has 1 aromatic carbocycles. The predicted octanol–water partition coefficient (Wildman–Crippen LogP) is 2.31. The van der Waals surface area contributed by atoms with E-state index in [1.54, 1.807) is 0 Å². The van der Waals surface area contributed by atoms with E-state index in [2.05, 4.69) is 0 Å². The van der Waals surface area contributed by atoms with Gasteiger partial charge in [0.25, 0.3) is 5.69 Å². The highest BCUT2D eigenvalue weighted by atomic mass is 16.6. The van der Waals surface area contributed by atoms with Crippen molar-refractivity contribution in [2.24, 2.45) is 0 Å². The normalized spacial score (nSPS) is 9.82. The first-order chi connectivity index (χ1) is 8.11. The molecule has 0 saturated carbocycles. The monoisotopic (exact) mass is 229 g/mol. The molecule has 0 aliphatic rings. The number of nitrogen functional groups attached to an aromatic ring is 1. The number of nitrogens with zero attached hydrogens (tertiary/aromatic N) is 2. The number of nitrogens with two attached hydrogens (primary N) is 1. The summed E-state index contributed by atoms with van der Waals surface area (Å²) < 4.78 is 5.18. The van der Waals surface area contributed by atoms with Crippen LogP contribution in [0.4, 0.5) is 11.6 Å². The number of furan rings is 1. The topological polar surface area (TPSA) is 106 Å². The number of rotatable bonds is 2. The summed E-state index contributed by atoms with van der Waals surface area (Å²) in [5.41, 5.74) is 6.34. The van der Waals surface area contributed by atoms with Crippen molar-refractivity contribution in [2.45, 2.75) is 0 Å². The van der Waals surface area contributed by atoms with E-state index in [0.717, 1.165) is 0 Å². The van der Waals surface area contributed by atoms with E-state index in [9.17, 15) is 10.1 Å². The van der Waals surface area contributed by atoms with Crippen molar-refractivity contribution in [3.8, 4) is 17.4 Å². The number of hydrogen-bond acceptors (Lipinski definition) is 5. The molecule has 0 spiro atoms. The van der Waals surface area contributed by atoms with Crippen LogP contribution in [0.1, 0.15) is 5.56 Å². The Morgan fingerprint density at radius 2 is 2.00 bits per heavy atom. The molecule has 2 aromatic rings. The smallest absolute Gasteiger partial charge is 0.269 e. The second-order valence-corrected chi connectivity index (χ2v) is 3.30. The summed E-state index contributed by atoms with van der Waals surface area (Å²) in [5.74, 6) is 0.454. The number of hydrogen-bond donors (Lipinski definition) is 1. The molecular formula is C11H7N3O3. The Hall–Kier alpha value is -2.81. The van der Waals surface area contributed by atoms with Gasteiger partial charge in [-0.25, -0.2) is 0 Å². The zero-order valence-electron chi connectivity index (χ0n) is 8.58. The van der Waals surface area contributed by atoms with Gasteiger partial charge in [0.15, 0.2) is 0 Å². The molecule has 2 N–H and O–H groups in total. The van der Waals surface area contributed by atoms with Crippen LogP contribution in [0, 0.1) is 21.4 Å². The SMILES string of the molecule is N#Cc1cc(-c2ccc([N+](=O)[O-])cc2)oc1N. The molecule has 0 bridgehead atoms. The average Bonchev–Trinajstić information content (AvgIpc) is 2.70. The zero-order chi connectivity index (χ0) is 12.4. The Balaban J connectivity index is 2.40. The lowest BCUT2D eigenvalue weighted by Crippen LogP contribution is -1.86. The van der Waals surface area contributed by atoms with Crippen molar-refractivity contribution >= 4 is 11.6 Å². The third kappa shape index (κ3) is 1.94. The maximum Gasteiger partial charge on any atom is 0.269 e. The van der Waals surface area contributed by atoms with Crippen LogP contribution in [0.5, 0.6) is 0 Å². The van der Waals surface area contributed by atoms with Crippen LogP contribution in [0.2, 0.25) is 0 Å². The highest BCUT2D eigenvalue weighted by Crippen LogP contribution is 2.28. The van der Waals surface area contributed by atoms with E-state index in [1.165, 1.54) is 30.3 Å². The fourth-order valence-electron chi connectivity index (χ4n) is 1.38. The Kier molecular flexibility index (Phi) is 2.51. The molecule has 0 aliphatic heterocycles.